The van der Waals surface area contributed by atoms with Crippen LogP contribution in [0.4, 0.5) is 0 Å². The van der Waals surface area contributed by atoms with Crippen LogP contribution in [0.15, 0.2) is 24.6 Å². The lowest BCUT2D eigenvalue weighted by atomic mass is 9.71. The van der Waals surface area contributed by atoms with Gasteiger partial charge in [0.1, 0.15) is 11.8 Å². The van der Waals surface area contributed by atoms with Crippen LogP contribution >= 0.6 is 0 Å². The highest BCUT2D eigenvalue weighted by Crippen LogP contribution is 2.38. The monoisotopic (exact) mass is 249 g/mol. The van der Waals surface area contributed by atoms with Crippen LogP contribution in [0.2, 0.25) is 0 Å². The number of hydrogen-bond acceptors (Lipinski definition) is 3. The first-order chi connectivity index (χ1) is 7.97. The number of hydrazine groups is 1. The van der Waals surface area contributed by atoms with Crippen LogP contribution in [-0.4, -0.2) is 0 Å². The van der Waals surface area contributed by atoms with Gasteiger partial charge in [0.25, 0.3) is 0 Å². The zero-order chi connectivity index (χ0) is 14.6. The number of rotatable bonds is 5. The molecule has 0 aliphatic rings. The van der Waals surface area contributed by atoms with Crippen molar-refractivity contribution < 1.29 is 0 Å². The van der Waals surface area contributed by atoms with E-state index in [1.54, 1.807) is 0 Å². The Bertz CT molecular complexity index is 347. The highest BCUT2D eigenvalue weighted by Gasteiger charge is 2.31. The topological polar surface area (TPSA) is 47.9 Å². The lowest BCUT2D eigenvalue weighted by Gasteiger charge is -2.37. The highest BCUT2D eigenvalue weighted by molar-refractivity contribution is 5.14. The van der Waals surface area contributed by atoms with E-state index in [9.17, 15) is 0 Å². The van der Waals surface area contributed by atoms with Crippen molar-refractivity contribution in [3.8, 4) is 6.07 Å². The number of nitrogens with one attached hydrogen (secondary N) is 2. The Morgan fingerprint density at radius 2 is 1.61 bits per heavy atom. The molecule has 0 aliphatic carbocycles. The molecule has 18 heavy (non-hydrogen) atoms. The fourth-order valence-electron chi connectivity index (χ4n) is 1.84. The molecular weight excluding hydrogens is 222 g/mol. The van der Waals surface area contributed by atoms with Crippen LogP contribution in [0.1, 0.15) is 48.0 Å². The van der Waals surface area contributed by atoms with Crippen LogP contribution in [0.25, 0.3) is 0 Å². The maximum Gasteiger partial charge on any atom is 0.124 e. The standard InChI is InChI=1S/C15H27N3/c1-11(10-16)17-18-12(2)13(15(6,7)8)9-14(3,4)5/h13,17-18H,1-2,9H2,3-8H3. The number of nitrogens with zero attached hydrogens (tertiary/aromatic N) is 1. The van der Waals surface area contributed by atoms with Crippen molar-refractivity contribution in [3.05, 3.63) is 24.6 Å². The van der Waals surface area contributed by atoms with Crippen molar-refractivity contribution >= 4 is 0 Å². The van der Waals surface area contributed by atoms with E-state index in [0.29, 0.717) is 11.6 Å². The minimum Gasteiger partial charge on any atom is -0.305 e. The highest BCUT2D eigenvalue weighted by atomic mass is 15.4. The van der Waals surface area contributed by atoms with E-state index < -0.39 is 0 Å². The Balaban J connectivity index is 4.74. The summed E-state index contributed by atoms with van der Waals surface area (Å²) >= 11 is 0. The summed E-state index contributed by atoms with van der Waals surface area (Å²) < 4.78 is 0. The predicted molar refractivity (Wildman–Crippen MR) is 77.2 cm³/mol. The minimum atomic E-state index is 0.118. The molecule has 0 spiro atoms. The molecule has 1 unspecified atom stereocenters. The van der Waals surface area contributed by atoms with Crippen LogP contribution in [0.3, 0.4) is 0 Å². The first kappa shape index (κ1) is 16.6. The molecule has 0 radical (unpaired) electrons. The fourth-order valence-corrected chi connectivity index (χ4v) is 1.84. The van der Waals surface area contributed by atoms with Gasteiger partial charge in [-0.1, -0.05) is 54.7 Å². The van der Waals surface area contributed by atoms with E-state index >= 15 is 0 Å². The summed E-state index contributed by atoms with van der Waals surface area (Å²) in [5.74, 6) is 0.316. The van der Waals surface area contributed by atoms with E-state index in [2.05, 4.69) is 65.6 Å². The summed E-state index contributed by atoms with van der Waals surface area (Å²) in [5, 5.41) is 8.65. The molecule has 0 fully saturated rings. The lowest BCUT2D eigenvalue weighted by molar-refractivity contribution is 0.187. The Labute approximate surface area is 112 Å². The van der Waals surface area contributed by atoms with Gasteiger partial charge in [0.15, 0.2) is 0 Å². The van der Waals surface area contributed by atoms with E-state index in [4.69, 9.17) is 5.26 Å². The third-order valence-electron chi connectivity index (χ3n) is 2.79. The Morgan fingerprint density at radius 3 is 1.94 bits per heavy atom. The zero-order valence-electron chi connectivity index (χ0n) is 12.6. The molecule has 0 saturated heterocycles. The molecule has 0 aliphatic heterocycles. The molecule has 0 amide bonds. The quantitative estimate of drug-likeness (QED) is 0.576. The van der Waals surface area contributed by atoms with Crippen molar-refractivity contribution in [1.82, 2.24) is 10.9 Å². The van der Waals surface area contributed by atoms with Crippen LogP contribution in [0.5, 0.6) is 0 Å². The molecule has 3 heteroatoms. The van der Waals surface area contributed by atoms with E-state index in [-0.39, 0.29) is 10.8 Å². The second-order valence-electron chi connectivity index (χ2n) is 7.05. The molecule has 2 N–H and O–H groups in total. The largest absolute Gasteiger partial charge is 0.305 e. The number of nitriles is 1. The van der Waals surface area contributed by atoms with Gasteiger partial charge in [-0.05, 0) is 17.3 Å². The lowest BCUT2D eigenvalue weighted by Crippen LogP contribution is -2.38. The van der Waals surface area contributed by atoms with Gasteiger partial charge in [0.2, 0.25) is 0 Å². The Morgan fingerprint density at radius 1 is 1.11 bits per heavy atom. The second kappa shape index (κ2) is 5.95. The molecular formula is C15H27N3. The van der Waals surface area contributed by atoms with Crippen molar-refractivity contribution in [2.75, 3.05) is 0 Å². The van der Waals surface area contributed by atoms with E-state index in [1.165, 1.54) is 0 Å². The molecule has 1 atom stereocenters. The van der Waals surface area contributed by atoms with Crippen molar-refractivity contribution in [3.63, 3.8) is 0 Å². The Hall–Kier alpha value is -1.43. The average Bonchev–Trinajstić information content (AvgIpc) is 2.19. The van der Waals surface area contributed by atoms with E-state index in [0.717, 1.165) is 12.1 Å². The summed E-state index contributed by atoms with van der Waals surface area (Å²) in [7, 11) is 0. The van der Waals surface area contributed by atoms with Gasteiger partial charge in [-0.15, -0.1) is 0 Å². The molecule has 0 aromatic carbocycles. The molecule has 102 valence electrons. The van der Waals surface area contributed by atoms with E-state index in [1.807, 2.05) is 6.07 Å². The molecule has 0 aromatic rings. The predicted octanol–water partition coefficient (Wildman–Crippen LogP) is 3.73. The number of allylic oxidation sites excluding steroid dienone is 2. The Kier molecular flexibility index (Phi) is 5.48. The van der Waals surface area contributed by atoms with Gasteiger partial charge < -0.3 is 5.43 Å². The third-order valence-corrected chi connectivity index (χ3v) is 2.79. The fraction of sp³-hybridized carbons (Fsp3) is 0.667. The summed E-state index contributed by atoms with van der Waals surface area (Å²) in [6, 6.07) is 1.94. The van der Waals surface area contributed by atoms with Gasteiger partial charge in [-0.3, -0.25) is 5.43 Å². The van der Waals surface area contributed by atoms with Crippen LogP contribution < -0.4 is 10.9 Å². The number of hydrogen-bond donors (Lipinski definition) is 2. The van der Waals surface area contributed by atoms with Gasteiger partial charge >= 0.3 is 0 Å². The maximum absolute atomic E-state index is 8.65. The molecule has 0 rings (SSSR count). The van der Waals surface area contributed by atoms with Crippen LogP contribution in [-0.2, 0) is 0 Å². The summed E-state index contributed by atoms with van der Waals surface area (Å²) in [5.41, 5.74) is 7.30. The van der Waals surface area contributed by atoms with Crippen molar-refractivity contribution in [2.45, 2.75) is 48.0 Å². The normalized spacial score (nSPS) is 13.4. The van der Waals surface area contributed by atoms with Crippen molar-refractivity contribution in [1.29, 1.82) is 5.26 Å². The van der Waals surface area contributed by atoms with Gasteiger partial charge in [-0.25, -0.2) is 0 Å². The minimum absolute atomic E-state index is 0.118. The smallest absolute Gasteiger partial charge is 0.124 e. The maximum atomic E-state index is 8.65. The average molecular weight is 249 g/mol. The molecule has 0 aromatic heterocycles. The third kappa shape index (κ3) is 6.34. The molecule has 3 nitrogen and oxygen atoms in total. The summed E-state index contributed by atoms with van der Waals surface area (Å²) in [6.45, 7) is 20.9. The van der Waals surface area contributed by atoms with Gasteiger partial charge in [-0.2, -0.15) is 5.26 Å². The van der Waals surface area contributed by atoms with Gasteiger partial charge in [0, 0.05) is 11.6 Å². The zero-order valence-corrected chi connectivity index (χ0v) is 12.6. The summed E-state index contributed by atoms with van der Waals surface area (Å²) in [4.78, 5) is 0. The first-order valence-electron chi connectivity index (χ1n) is 6.27. The SMILES string of the molecule is C=C(C#N)NNC(=C)C(CC(C)(C)C)C(C)(C)C. The van der Waals surface area contributed by atoms with Gasteiger partial charge in [0.05, 0.1) is 0 Å². The molecule has 0 heterocycles. The summed E-state index contributed by atoms with van der Waals surface area (Å²) in [6.07, 6.45) is 1.03. The second-order valence-corrected chi connectivity index (χ2v) is 7.05. The van der Waals surface area contributed by atoms with Crippen LogP contribution in [0, 0.1) is 28.1 Å². The molecule has 0 saturated carbocycles. The first-order valence-corrected chi connectivity index (χ1v) is 6.27. The van der Waals surface area contributed by atoms with Crippen molar-refractivity contribution in [2.24, 2.45) is 16.7 Å². The molecule has 0 bridgehead atoms.